The molecular weight excluding hydrogens is 174 g/mol. The second kappa shape index (κ2) is 3.84. The van der Waals surface area contributed by atoms with Crippen LogP contribution in [-0.4, -0.2) is 11.7 Å². The second-order valence-corrected chi connectivity index (χ2v) is 3.63. The number of hydrogen-bond donors (Lipinski definition) is 2. The smallest absolute Gasteiger partial charge is 0.123 e. The van der Waals surface area contributed by atoms with Gasteiger partial charge in [0.15, 0.2) is 0 Å². The number of benzene rings is 1. The highest BCUT2D eigenvalue weighted by molar-refractivity contribution is 5.63. The highest BCUT2D eigenvalue weighted by Crippen LogP contribution is 2.31. The van der Waals surface area contributed by atoms with Crippen LogP contribution in [0, 0.1) is 0 Å². The lowest BCUT2D eigenvalue weighted by molar-refractivity contribution is 0.473. The number of fused-ring (bicyclic) bond motifs is 1. The molecule has 1 aliphatic rings. The molecule has 0 aliphatic heterocycles. The van der Waals surface area contributed by atoms with E-state index >= 15 is 0 Å². The number of aryl methyl sites for hydroxylation is 1. The van der Waals surface area contributed by atoms with Gasteiger partial charge < -0.3 is 10.8 Å². The summed E-state index contributed by atoms with van der Waals surface area (Å²) in [5.74, 6) is 0.371. The van der Waals surface area contributed by atoms with Crippen LogP contribution in [0.4, 0.5) is 0 Å². The van der Waals surface area contributed by atoms with Crippen LogP contribution in [-0.2, 0) is 12.8 Å². The molecule has 14 heavy (non-hydrogen) atoms. The molecule has 0 atom stereocenters. The molecule has 0 saturated carbocycles. The minimum atomic E-state index is 0.371. The van der Waals surface area contributed by atoms with Crippen molar-refractivity contribution in [2.75, 3.05) is 6.54 Å². The molecule has 0 heterocycles. The van der Waals surface area contributed by atoms with E-state index < -0.39 is 0 Å². The summed E-state index contributed by atoms with van der Waals surface area (Å²) in [6.45, 7) is 0.517. The number of phenols is 1. The maximum Gasteiger partial charge on any atom is 0.123 e. The van der Waals surface area contributed by atoms with E-state index in [9.17, 15) is 5.11 Å². The molecule has 0 amide bonds. The monoisotopic (exact) mass is 189 g/mol. The standard InChI is InChI=1S/C12H15NO/c13-8-2-5-11-10-4-1-3-9(10)6-7-12(11)14/h2,5-7,14H,1,3-4,8,13H2/b5-2+. The zero-order chi connectivity index (χ0) is 9.97. The lowest BCUT2D eigenvalue weighted by Gasteiger charge is -2.06. The minimum Gasteiger partial charge on any atom is -0.507 e. The summed E-state index contributed by atoms with van der Waals surface area (Å²) in [6, 6.07) is 3.80. The Hall–Kier alpha value is -1.28. The molecule has 0 aromatic heterocycles. The Balaban J connectivity index is 2.46. The van der Waals surface area contributed by atoms with E-state index in [1.54, 1.807) is 6.07 Å². The molecule has 0 radical (unpaired) electrons. The van der Waals surface area contributed by atoms with Crippen molar-refractivity contribution in [2.24, 2.45) is 5.73 Å². The zero-order valence-electron chi connectivity index (χ0n) is 8.16. The number of aromatic hydroxyl groups is 1. The molecule has 0 saturated heterocycles. The molecule has 2 rings (SSSR count). The molecule has 74 valence electrons. The van der Waals surface area contributed by atoms with Gasteiger partial charge in [0.2, 0.25) is 0 Å². The van der Waals surface area contributed by atoms with Gasteiger partial charge in [-0.15, -0.1) is 0 Å². The Morgan fingerprint density at radius 1 is 1.36 bits per heavy atom. The van der Waals surface area contributed by atoms with Crippen LogP contribution >= 0.6 is 0 Å². The minimum absolute atomic E-state index is 0.371. The van der Waals surface area contributed by atoms with Gasteiger partial charge in [-0.3, -0.25) is 0 Å². The first kappa shape index (κ1) is 9.28. The number of hydrogen-bond acceptors (Lipinski definition) is 2. The van der Waals surface area contributed by atoms with Crippen LogP contribution in [0.25, 0.3) is 6.08 Å². The van der Waals surface area contributed by atoms with Crippen molar-refractivity contribution in [1.29, 1.82) is 0 Å². The van der Waals surface area contributed by atoms with Crippen molar-refractivity contribution in [3.05, 3.63) is 34.9 Å². The molecule has 2 nitrogen and oxygen atoms in total. The fourth-order valence-corrected chi connectivity index (χ4v) is 2.05. The van der Waals surface area contributed by atoms with Crippen LogP contribution in [0.1, 0.15) is 23.1 Å². The van der Waals surface area contributed by atoms with Gasteiger partial charge in [0.05, 0.1) is 0 Å². The molecule has 0 fully saturated rings. The van der Waals surface area contributed by atoms with E-state index in [1.165, 1.54) is 17.5 Å². The van der Waals surface area contributed by atoms with Crippen LogP contribution in [0.3, 0.4) is 0 Å². The van der Waals surface area contributed by atoms with Gasteiger partial charge in [0.1, 0.15) is 5.75 Å². The molecule has 1 aromatic carbocycles. The van der Waals surface area contributed by atoms with E-state index in [0.29, 0.717) is 12.3 Å². The molecule has 0 unspecified atom stereocenters. The lowest BCUT2D eigenvalue weighted by atomic mass is 10.0. The number of nitrogens with two attached hydrogens (primary N) is 1. The molecule has 3 N–H and O–H groups in total. The van der Waals surface area contributed by atoms with Gasteiger partial charge in [0.25, 0.3) is 0 Å². The maximum atomic E-state index is 9.71. The molecule has 0 bridgehead atoms. The summed E-state index contributed by atoms with van der Waals surface area (Å²) in [6.07, 6.45) is 7.22. The first-order valence-electron chi connectivity index (χ1n) is 5.03. The van der Waals surface area contributed by atoms with E-state index in [2.05, 4.69) is 0 Å². The van der Waals surface area contributed by atoms with Gasteiger partial charge in [-0.05, 0) is 36.5 Å². The SMILES string of the molecule is NC/C=C/c1c(O)ccc2c1CCC2. The fraction of sp³-hybridized carbons (Fsp3) is 0.333. The second-order valence-electron chi connectivity index (χ2n) is 3.63. The number of phenolic OH excluding ortho intramolecular Hbond substituents is 1. The van der Waals surface area contributed by atoms with Gasteiger partial charge >= 0.3 is 0 Å². The summed E-state index contributed by atoms with van der Waals surface area (Å²) in [5.41, 5.74) is 9.04. The fourth-order valence-electron chi connectivity index (χ4n) is 2.05. The van der Waals surface area contributed by atoms with Crippen molar-refractivity contribution in [3.63, 3.8) is 0 Å². The highest BCUT2D eigenvalue weighted by atomic mass is 16.3. The predicted octanol–water partition coefficient (Wildman–Crippen LogP) is 1.85. The van der Waals surface area contributed by atoms with Crippen LogP contribution < -0.4 is 5.73 Å². The van der Waals surface area contributed by atoms with E-state index in [-0.39, 0.29) is 0 Å². The van der Waals surface area contributed by atoms with Crippen LogP contribution in [0.15, 0.2) is 18.2 Å². The molecule has 2 heteroatoms. The zero-order valence-corrected chi connectivity index (χ0v) is 8.16. The first-order chi connectivity index (χ1) is 6.83. The van der Waals surface area contributed by atoms with Crippen molar-refractivity contribution < 1.29 is 5.11 Å². The molecule has 1 aliphatic carbocycles. The summed E-state index contributed by atoms with van der Waals surface area (Å²) in [4.78, 5) is 0. The Kier molecular flexibility index (Phi) is 2.55. The Labute approximate surface area is 84.1 Å². The molecule has 0 spiro atoms. The normalized spacial score (nSPS) is 14.9. The van der Waals surface area contributed by atoms with Crippen molar-refractivity contribution in [3.8, 4) is 5.75 Å². The van der Waals surface area contributed by atoms with Gasteiger partial charge in [0, 0.05) is 12.1 Å². The van der Waals surface area contributed by atoms with E-state index in [4.69, 9.17) is 5.73 Å². The third-order valence-electron chi connectivity index (χ3n) is 2.72. The van der Waals surface area contributed by atoms with Crippen LogP contribution in [0.2, 0.25) is 0 Å². The third kappa shape index (κ3) is 1.53. The molecule has 1 aromatic rings. The Morgan fingerprint density at radius 2 is 2.21 bits per heavy atom. The van der Waals surface area contributed by atoms with Crippen LogP contribution in [0.5, 0.6) is 5.75 Å². The largest absolute Gasteiger partial charge is 0.507 e. The Morgan fingerprint density at radius 3 is 3.00 bits per heavy atom. The summed E-state index contributed by atoms with van der Waals surface area (Å²) >= 11 is 0. The summed E-state index contributed by atoms with van der Waals surface area (Å²) < 4.78 is 0. The topological polar surface area (TPSA) is 46.2 Å². The summed E-state index contributed by atoms with van der Waals surface area (Å²) in [5, 5.41) is 9.71. The van der Waals surface area contributed by atoms with Gasteiger partial charge in [-0.25, -0.2) is 0 Å². The lowest BCUT2D eigenvalue weighted by Crippen LogP contribution is -1.93. The third-order valence-corrected chi connectivity index (χ3v) is 2.72. The average molecular weight is 189 g/mol. The average Bonchev–Trinajstić information content (AvgIpc) is 2.64. The van der Waals surface area contributed by atoms with Crippen molar-refractivity contribution in [1.82, 2.24) is 0 Å². The Bertz CT molecular complexity index is 369. The number of rotatable bonds is 2. The van der Waals surface area contributed by atoms with Crippen molar-refractivity contribution in [2.45, 2.75) is 19.3 Å². The predicted molar refractivity (Wildman–Crippen MR) is 58.2 cm³/mol. The van der Waals surface area contributed by atoms with Gasteiger partial charge in [-0.1, -0.05) is 18.2 Å². The maximum absolute atomic E-state index is 9.71. The quantitative estimate of drug-likeness (QED) is 0.745. The summed E-state index contributed by atoms with van der Waals surface area (Å²) in [7, 11) is 0. The van der Waals surface area contributed by atoms with E-state index in [1.807, 2.05) is 18.2 Å². The van der Waals surface area contributed by atoms with Crippen molar-refractivity contribution >= 4 is 6.08 Å². The highest BCUT2D eigenvalue weighted by Gasteiger charge is 2.15. The van der Waals surface area contributed by atoms with Gasteiger partial charge in [-0.2, -0.15) is 0 Å². The molecular formula is C12H15NO. The van der Waals surface area contributed by atoms with E-state index in [0.717, 1.165) is 18.4 Å². The first-order valence-corrected chi connectivity index (χ1v) is 5.03.